The summed E-state index contributed by atoms with van der Waals surface area (Å²) in [6, 6.07) is 0. The van der Waals surface area contributed by atoms with E-state index in [2.05, 4.69) is 0 Å². The van der Waals surface area contributed by atoms with Gasteiger partial charge in [0.2, 0.25) is 0 Å². The van der Waals surface area contributed by atoms with Gasteiger partial charge in [-0.25, -0.2) is 0 Å². The van der Waals surface area contributed by atoms with Gasteiger partial charge in [0.15, 0.2) is 0 Å². The van der Waals surface area contributed by atoms with Crippen LogP contribution in [0.1, 0.15) is 51.4 Å². The summed E-state index contributed by atoms with van der Waals surface area (Å²) >= 11 is 0. The van der Waals surface area contributed by atoms with E-state index in [1.54, 1.807) is 0 Å². The molecule has 1 atom stereocenters. The van der Waals surface area contributed by atoms with Crippen molar-refractivity contribution in [2.24, 2.45) is 17.1 Å². The maximum absolute atomic E-state index is 5.86. The zero-order chi connectivity index (χ0) is 8.44. The van der Waals surface area contributed by atoms with Crippen LogP contribution < -0.4 is 5.73 Å². The number of rotatable bonds is 1. The van der Waals surface area contributed by atoms with Crippen LogP contribution in [0.3, 0.4) is 0 Å². The molecule has 1 nitrogen and oxygen atoms in total. The van der Waals surface area contributed by atoms with Crippen molar-refractivity contribution >= 4 is 0 Å². The summed E-state index contributed by atoms with van der Waals surface area (Å²) in [6.07, 6.45) is 11.7. The predicted molar refractivity (Wildman–Crippen MR) is 51.9 cm³/mol. The molecule has 0 aromatic carbocycles. The van der Waals surface area contributed by atoms with Crippen LogP contribution in [0.25, 0.3) is 0 Å². The van der Waals surface area contributed by atoms with Gasteiger partial charge in [-0.2, -0.15) is 0 Å². The van der Waals surface area contributed by atoms with Crippen LogP contribution in [0.4, 0.5) is 0 Å². The van der Waals surface area contributed by atoms with Crippen LogP contribution in [0.5, 0.6) is 0 Å². The zero-order valence-electron chi connectivity index (χ0n) is 8.02. The van der Waals surface area contributed by atoms with Gasteiger partial charge in [0.05, 0.1) is 0 Å². The monoisotopic (exact) mass is 167 g/mol. The standard InChI is InChI=1S/C11H21N/c12-9-10-5-1-2-6-11(10)7-3-4-8-11/h10H,1-9,12H2. The van der Waals surface area contributed by atoms with Gasteiger partial charge in [0.25, 0.3) is 0 Å². The molecule has 0 bridgehead atoms. The van der Waals surface area contributed by atoms with Crippen LogP contribution in [0.15, 0.2) is 0 Å². The van der Waals surface area contributed by atoms with Gasteiger partial charge < -0.3 is 5.73 Å². The lowest BCUT2D eigenvalue weighted by Gasteiger charge is -2.41. The van der Waals surface area contributed by atoms with E-state index in [1.165, 1.54) is 51.4 Å². The minimum atomic E-state index is 0.715. The largest absolute Gasteiger partial charge is 0.330 e. The molecule has 2 saturated carbocycles. The third-order valence-electron chi connectivity index (χ3n) is 4.23. The van der Waals surface area contributed by atoms with Crippen molar-refractivity contribution in [1.82, 2.24) is 0 Å². The number of hydrogen-bond donors (Lipinski definition) is 1. The Balaban J connectivity index is 2.07. The Morgan fingerprint density at radius 2 is 1.58 bits per heavy atom. The lowest BCUT2D eigenvalue weighted by atomic mass is 9.65. The van der Waals surface area contributed by atoms with Crippen molar-refractivity contribution in [1.29, 1.82) is 0 Å². The van der Waals surface area contributed by atoms with Gasteiger partial charge in [-0.1, -0.05) is 25.7 Å². The minimum absolute atomic E-state index is 0.715. The molecule has 2 rings (SSSR count). The molecule has 12 heavy (non-hydrogen) atoms. The summed E-state index contributed by atoms with van der Waals surface area (Å²) in [7, 11) is 0. The Kier molecular flexibility index (Phi) is 2.40. The molecular formula is C11H21N. The topological polar surface area (TPSA) is 26.0 Å². The van der Waals surface area contributed by atoms with E-state index in [0.717, 1.165) is 12.5 Å². The third kappa shape index (κ3) is 1.28. The first kappa shape index (κ1) is 8.55. The van der Waals surface area contributed by atoms with E-state index in [4.69, 9.17) is 5.73 Å². The molecular weight excluding hydrogens is 146 g/mol. The smallest absolute Gasteiger partial charge is 0.00436 e. The molecule has 0 aromatic rings. The molecule has 0 amide bonds. The Morgan fingerprint density at radius 3 is 2.17 bits per heavy atom. The second-order valence-electron chi connectivity index (χ2n) is 4.75. The lowest BCUT2D eigenvalue weighted by Crippen LogP contribution is -2.36. The Bertz CT molecular complexity index is 147. The lowest BCUT2D eigenvalue weighted by molar-refractivity contribution is 0.107. The number of nitrogens with two attached hydrogens (primary N) is 1. The molecule has 0 aromatic heterocycles. The molecule has 2 aliphatic carbocycles. The van der Waals surface area contributed by atoms with Crippen LogP contribution in [-0.2, 0) is 0 Å². The Hall–Kier alpha value is -0.0400. The van der Waals surface area contributed by atoms with Crippen molar-refractivity contribution in [3.8, 4) is 0 Å². The average Bonchev–Trinajstić information content (AvgIpc) is 2.55. The molecule has 0 aliphatic heterocycles. The molecule has 0 heterocycles. The van der Waals surface area contributed by atoms with Gasteiger partial charge in [0, 0.05) is 0 Å². The molecule has 70 valence electrons. The van der Waals surface area contributed by atoms with Crippen molar-refractivity contribution in [2.45, 2.75) is 51.4 Å². The molecule has 2 aliphatic rings. The Labute approximate surface area is 75.7 Å². The van der Waals surface area contributed by atoms with Crippen LogP contribution in [-0.4, -0.2) is 6.54 Å². The second kappa shape index (κ2) is 3.37. The summed E-state index contributed by atoms with van der Waals surface area (Å²) in [5.41, 5.74) is 6.57. The van der Waals surface area contributed by atoms with Crippen LogP contribution in [0.2, 0.25) is 0 Å². The van der Waals surface area contributed by atoms with Crippen molar-refractivity contribution in [3.05, 3.63) is 0 Å². The first-order valence-corrected chi connectivity index (χ1v) is 5.57. The van der Waals surface area contributed by atoms with Crippen LogP contribution >= 0.6 is 0 Å². The van der Waals surface area contributed by atoms with E-state index >= 15 is 0 Å². The highest BCUT2D eigenvalue weighted by molar-refractivity contribution is 4.93. The van der Waals surface area contributed by atoms with Gasteiger partial charge in [0.1, 0.15) is 0 Å². The number of hydrogen-bond acceptors (Lipinski definition) is 1. The van der Waals surface area contributed by atoms with Gasteiger partial charge in [-0.3, -0.25) is 0 Å². The fraction of sp³-hybridized carbons (Fsp3) is 1.00. The highest BCUT2D eigenvalue weighted by atomic mass is 14.6. The second-order valence-corrected chi connectivity index (χ2v) is 4.75. The van der Waals surface area contributed by atoms with Crippen LogP contribution in [0, 0.1) is 11.3 Å². The van der Waals surface area contributed by atoms with E-state index in [1.807, 2.05) is 0 Å². The fourth-order valence-corrected chi connectivity index (χ4v) is 3.48. The molecule has 0 radical (unpaired) electrons. The molecule has 1 spiro atoms. The molecule has 0 saturated heterocycles. The first-order valence-electron chi connectivity index (χ1n) is 5.57. The quantitative estimate of drug-likeness (QED) is 0.638. The van der Waals surface area contributed by atoms with Gasteiger partial charge >= 0.3 is 0 Å². The first-order chi connectivity index (χ1) is 5.87. The normalized spacial score (nSPS) is 34.2. The summed E-state index contributed by atoms with van der Waals surface area (Å²) < 4.78 is 0. The van der Waals surface area contributed by atoms with Gasteiger partial charge in [-0.15, -0.1) is 0 Å². The summed E-state index contributed by atoms with van der Waals surface area (Å²) in [6.45, 7) is 0.944. The molecule has 1 unspecified atom stereocenters. The highest BCUT2D eigenvalue weighted by Crippen LogP contribution is 2.51. The van der Waals surface area contributed by atoms with Crippen molar-refractivity contribution in [3.63, 3.8) is 0 Å². The molecule has 1 heteroatoms. The van der Waals surface area contributed by atoms with E-state index in [9.17, 15) is 0 Å². The Morgan fingerprint density at radius 1 is 1.00 bits per heavy atom. The van der Waals surface area contributed by atoms with Crippen molar-refractivity contribution in [2.75, 3.05) is 6.54 Å². The van der Waals surface area contributed by atoms with E-state index < -0.39 is 0 Å². The van der Waals surface area contributed by atoms with Gasteiger partial charge in [-0.05, 0) is 43.6 Å². The maximum Gasteiger partial charge on any atom is -0.00436 e. The summed E-state index contributed by atoms with van der Waals surface area (Å²) in [5, 5.41) is 0. The summed E-state index contributed by atoms with van der Waals surface area (Å²) in [5.74, 6) is 0.869. The molecule has 2 fully saturated rings. The molecule has 2 N–H and O–H groups in total. The predicted octanol–water partition coefficient (Wildman–Crippen LogP) is 2.70. The summed E-state index contributed by atoms with van der Waals surface area (Å²) in [4.78, 5) is 0. The third-order valence-corrected chi connectivity index (χ3v) is 4.23. The van der Waals surface area contributed by atoms with E-state index in [-0.39, 0.29) is 0 Å². The van der Waals surface area contributed by atoms with Crippen molar-refractivity contribution < 1.29 is 0 Å². The highest BCUT2D eigenvalue weighted by Gasteiger charge is 2.41. The minimum Gasteiger partial charge on any atom is -0.330 e. The maximum atomic E-state index is 5.86. The average molecular weight is 167 g/mol. The fourth-order valence-electron chi connectivity index (χ4n) is 3.48. The van der Waals surface area contributed by atoms with E-state index in [0.29, 0.717) is 5.41 Å². The zero-order valence-corrected chi connectivity index (χ0v) is 8.02. The SMILES string of the molecule is NCC1CCCCC12CCCC2.